The Kier molecular flexibility index (Phi) is 4.30. The molecule has 0 saturated heterocycles. The van der Waals surface area contributed by atoms with Crippen molar-refractivity contribution >= 4 is 15.9 Å². The summed E-state index contributed by atoms with van der Waals surface area (Å²) < 4.78 is 6.78. The normalized spacial score (nSPS) is 19.8. The van der Waals surface area contributed by atoms with Crippen LogP contribution in [-0.4, -0.2) is 17.3 Å². The van der Waals surface area contributed by atoms with Crippen molar-refractivity contribution in [1.82, 2.24) is 0 Å². The number of nitrogens with two attached hydrogens (primary N) is 1. The van der Waals surface area contributed by atoms with E-state index in [1.165, 1.54) is 0 Å². The first-order valence-corrected chi connectivity index (χ1v) is 7.20. The van der Waals surface area contributed by atoms with Gasteiger partial charge in [-0.2, -0.15) is 0 Å². The molecule has 18 heavy (non-hydrogen) atoms. The van der Waals surface area contributed by atoms with Gasteiger partial charge in [0, 0.05) is 16.1 Å². The van der Waals surface area contributed by atoms with Gasteiger partial charge in [0.25, 0.3) is 0 Å². The van der Waals surface area contributed by atoms with E-state index in [4.69, 9.17) is 10.5 Å². The molecule has 1 fully saturated rings. The third-order valence-corrected chi connectivity index (χ3v) is 3.99. The summed E-state index contributed by atoms with van der Waals surface area (Å²) in [7, 11) is 0. The summed E-state index contributed by atoms with van der Waals surface area (Å²) in [6, 6.07) is 5.72. The number of benzene rings is 1. The van der Waals surface area contributed by atoms with Crippen molar-refractivity contribution in [2.45, 2.75) is 44.2 Å². The topological polar surface area (TPSA) is 55.5 Å². The highest BCUT2D eigenvalue weighted by Gasteiger charge is 2.32. The van der Waals surface area contributed by atoms with E-state index in [2.05, 4.69) is 15.9 Å². The second-order valence-corrected chi connectivity index (χ2v) is 6.11. The van der Waals surface area contributed by atoms with Crippen LogP contribution in [0.4, 0.5) is 0 Å². The van der Waals surface area contributed by atoms with Gasteiger partial charge in [-0.1, -0.05) is 28.8 Å². The van der Waals surface area contributed by atoms with Gasteiger partial charge in [0.2, 0.25) is 0 Å². The van der Waals surface area contributed by atoms with Gasteiger partial charge < -0.3 is 15.6 Å². The van der Waals surface area contributed by atoms with Crippen LogP contribution in [0.3, 0.4) is 0 Å². The molecule has 0 unspecified atom stereocenters. The molecule has 0 spiro atoms. The van der Waals surface area contributed by atoms with Crippen LogP contribution < -0.4 is 10.5 Å². The molecule has 4 heteroatoms. The number of ether oxygens (including phenoxy) is 1. The monoisotopic (exact) mass is 313 g/mol. The minimum atomic E-state index is -0.651. The summed E-state index contributed by atoms with van der Waals surface area (Å²) >= 11 is 3.43. The minimum absolute atomic E-state index is 0.0873. The second kappa shape index (κ2) is 5.59. The Balaban J connectivity index is 2.09. The van der Waals surface area contributed by atoms with Crippen LogP contribution in [0.5, 0.6) is 5.75 Å². The van der Waals surface area contributed by atoms with Crippen molar-refractivity contribution in [2.24, 2.45) is 5.73 Å². The molecule has 1 aliphatic rings. The lowest BCUT2D eigenvalue weighted by Gasteiger charge is -2.23. The molecule has 0 aromatic heterocycles. The highest BCUT2D eigenvalue weighted by atomic mass is 79.9. The molecule has 0 amide bonds. The quantitative estimate of drug-likeness (QED) is 0.897. The van der Waals surface area contributed by atoms with Crippen molar-refractivity contribution in [3.63, 3.8) is 0 Å². The average molecular weight is 314 g/mol. The zero-order chi connectivity index (χ0) is 13.2. The molecule has 0 aliphatic heterocycles. The van der Waals surface area contributed by atoms with Crippen LogP contribution in [0.1, 0.15) is 44.2 Å². The molecule has 1 aliphatic carbocycles. The van der Waals surface area contributed by atoms with Crippen LogP contribution >= 0.6 is 15.9 Å². The van der Waals surface area contributed by atoms with E-state index < -0.39 is 5.60 Å². The molecule has 3 N–H and O–H groups in total. The maximum atomic E-state index is 10.3. The Morgan fingerprint density at radius 2 is 2.11 bits per heavy atom. The van der Waals surface area contributed by atoms with E-state index in [1.807, 2.05) is 25.1 Å². The van der Waals surface area contributed by atoms with Crippen LogP contribution in [0.25, 0.3) is 0 Å². The fourth-order valence-corrected chi connectivity index (χ4v) is 2.77. The van der Waals surface area contributed by atoms with E-state index in [0.717, 1.165) is 41.5 Å². The van der Waals surface area contributed by atoms with Gasteiger partial charge in [-0.05, 0) is 38.0 Å². The fraction of sp³-hybridized carbons (Fsp3) is 0.571. The lowest BCUT2D eigenvalue weighted by Crippen LogP contribution is -2.32. The van der Waals surface area contributed by atoms with Crippen molar-refractivity contribution in [3.8, 4) is 5.75 Å². The van der Waals surface area contributed by atoms with E-state index >= 15 is 0 Å². The van der Waals surface area contributed by atoms with Crippen LogP contribution in [0, 0.1) is 0 Å². The van der Waals surface area contributed by atoms with Crippen molar-refractivity contribution in [3.05, 3.63) is 28.2 Å². The first-order chi connectivity index (χ1) is 8.50. The molecular formula is C14H20BrNO2. The molecule has 100 valence electrons. The lowest BCUT2D eigenvalue weighted by atomic mass is 10.0. The van der Waals surface area contributed by atoms with Crippen molar-refractivity contribution in [1.29, 1.82) is 0 Å². The molecule has 3 nitrogen and oxygen atoms in total. The summed E-state index contributed by atoms with van der Waals surface area (Å²) in [5.74, 6) is 0.772. The highest BCUT2D eigenvalue weighted by molar-refractivity contribution is 9.10. The zero-order valence-electron chi connectivity index (χ0n) is 10.7. The summed E-state index contributed by atoms with van der Waals surface area (Å²) in [5.41, 5.74) is 6.25. The third kappa shape index (κ3) is 3.25. The van der Waals surface area contributed by atoms with Gasteiger partial charge in [0.15, 0.2) is 0 Å². The molecule has 0 radical (unpaired) electrons. The van der Waals surface area contributed by atoms with Gasteiger partial charge in [0.05, 0.1) is 5.60 Å². The zero-order valence-corrected chi connectivity index (χ0v) is 12.2. The Labute approximate surface area is 116 Å². The van der Waals surface area contributed by atoms with Crippen LogP contribution in [0.15, 0.2) is 22.7 Å². The number of hydrogen-bond acceptors (Lipinski definition) is 3. The predicted octanol–water partition coefficient (Wildman–Crippen LogP) is 3.15. The van der Waals surface area contributed by atoms with Crippen LogP contribution in [-0.2, 0) is 0 Å². The van der Waals surface area contributed by atoms with Gasteiger partial charge in [-0.3, -0.25) is 0 Å². The summed E-state index contributed by atoms with van der Waals surface area (Å²) in [4.78, 5) is 0. The highest BCUT2D eigenvalue weighted by Crippen LogP contribution is 2.32. The fourth-order valence-electron chi connectivity index (χ4n) is 2.40. The van der Waals surface area contributed by atoms with Crippen molar-refractivity contribution in [2.75, 3.05) is 6.61 Å². The van der Waals surface area contributed by atoms with Gasteiger partial charge in [0.1, 0.15) is 12.4 Å². The maximum absolute atomic E-state index is 10.3. The number of aliphatic hydroxyl groups is 1. The third-order valence-electron chi connectivity index (χ3n) is 3.49. The Hall–Kier alpha value is -0.580. The SMILES string of the molecule is C[C@@H](N)c1cc(Br)ccc1OCC1(O)CCCC1. The Morgan fingerprint density at radius 3 is 2.72 bits per heavy atom. The molecular weight excluding hydrogens is 294 g/mol. The molecule has 0 bridgehead atoms. The summed E-state index contributed by atoms with van der Waals surface area (Å²) in [6.45, 7) is 2.28. The second-order valence-electron chi connectivity index (χ2n) is 5.19. The standard InChI is InChI=1S/C14H20BrNO2/c1-10(16)12-8-11(15)4-5-13(12)18-9-14(17)6-2-3-7-14/h4-5,8,10,17H,2-3,6-7,9,16H2,1H3/t10-/m1/s1. The first kappa shape index (κ1) is 13.8. The predicted molar refractivity (Wildman–Crippen MR) is 75.7 cm³/mol. The van der Waals surface area contributed by atoms with E-state index in [0.29, 0.717) is 6.61 Å². The molecule has 2 rings (SSSR count). The van der Waals surface area contributed by atoms with Gasteiger partial charge in [-0.25, -0.2) is 0 Å². The van der Waals surface area contributed by atoms with E-state index in [9.17, 15) is 5.11 Å². The number of rotatable bonds is 4. The van der Waals surface area contributed by atoms with Crippen LogP contribution in [0.2, 0.25) is 0 Å². The molecule has 1 aromatic rings. The van der Waals surface area contributed by atoms with Crippen molar-refractivity contribution < 1.29 is 9.84 Å². The first-order valence-electron chi connectivity index (χ1n) is 6.40. The maximum Gasteiger partial charge on any atom is 0.124 e. The van der Waals surface area contributed by atoms with E-state index in [-0.39, 0.29) is 6.04 Å². The summed E-state index contributed by atoms with van der Waals surface area (Å²) in [6.07, 6.45) is 3.83. The van der Waals surface area contributed by atoms with Gasteiger partial charge in [-0.15, -0.1) is 0 Å². The number of hydrogen-bond donors (Lipinski definition) is 2. The average Bonchev–Trinajstić information content (AvgIpc) is 2.75. The summed E-state index contributed by atoms with van der Waals surface area (Å²) in [5, 5.41) is 10.3. The molecule has 1 saturated carbocycles. The largest absolute Gasteiger partial charge is 0.490 e. The smallest absolute Gasteiger partial charge is 0.124 e. The van der Waals surface area contributed by atoms with E-state index in [1.54, 1.807) is 0 Å². The van der Waals surface area contributed by atoms with Gasteiger partial charge >= 0.3 is 0 Å². The minimum Gasteiger partial charge on any atom is -0.490 e. The molecule has 1 aromatic carbocycles. The Bertz CT molecular complexity index is 414. The lowest BCUT2D eigenvalue weighted by molar-refractivity contribution is 0.00105. The Morgan fingerprint density at radius 1 is 1.44 bits per heavy atom. The molecule has 0 heterocycles. The number of halogens is 1. The molecule has 1 atom stereocenters.